The highest BCUT2D eigenvalue weighted by Crippen LogP contribution is 2.67. The van der Waals surface area contributed by atoms with E-state index in [9.17, 15) is 14.4 Å². The summed E-state index contributed by atoms with van der Waals surface area (Å²) >= 11 is 0. The van der Waals surface area contributed by atoms with Gasteiger partial charge >= 0.3 is 5.97 Å². The molecule has 0 N–H and O–H groups in total. The smallest absolute Gasteiger partial charge is 0.343 e. The first kappa shape index (κ1) is 21.7. The number of imide groups is 1. The van der Waals surface area contributed by atoms with Gasteiger partial charge in [-0.15, -0.1) is 0 Å². The Labute approximate surface area is 214 Å². The fourth-order valence-corrected chi connectivity index (χ4v) is 6.79. The summed E-state index contributed by atoms with van der Waals surface area (Å²) in [5, 5.41) is 0. The normalized spacial score (nSPS) is 24.9. The molecule has 8 rings (SSSR count). The van der Waals surface area contributed by atoms with Crippen LogP contribution in [-0.2, 0) is 9.59 Å². The third kappa shape index (κ3) is 2.88. The second-order valence-electron chi connectivity index (χ2n) is 10.2. The van der Waals surface area contributed by atoms with Crippen molar-refractivity contribution in [3.05, 3.63) is 131 Å². The number of rotatable bonds is 3. The summed E-state index contributed by atoms with van der Waals surface area (Å²) in [6, 6.07) is 31.8. The van der Waals surface area contributed by atoms with Crippen LogP contribution in [0.4, 0.5) is 5.69 Å². The molecule has 5 heteroatoms. The molecule has 1 heterocycles. The van der Waals surface area contributed by atoms with Gasteiger partial charge in [0.2, 0.25) is 11.8 Å². The molecule has 2 amide bonds. The maximum atomic E-state index is 14.2. The lowest BCUT2D eigenvalue weighted by Gasteiger charge is -2.51. The van der Waals surface area contributed by atoms with Gasteiger partial charge in [0.15, 0.2) is 0 Å². The fraction of sp³-hybridized carbons (Fsp3) is 0.156. The molecule has 2 bridgehead atoms. The number of anilines is 1. The highest BCUT2D eigenvalue weighted by atomic mass is 16.5. The van der Waals surface area contributed by atoms with E-state index in [0.29, 0.717) is 11.3 Å². The van der Waals surface area contributed by atoms with Gasteiger partial charge in [-0.3, -0.25) is 9.59 Å². The Morgan fingerprint density at radius 2 is 1.35 bits per heavy atom. The standard InChI is InChI=1S/C32H23NO4/c1-32-27-24-16-7-5-14-22(24)26(23-15-6-8-17-25(23)27)28(32)29(34)33(31(32)36)20-12-9-13-21(18-20)37-30(35)19-10-3-2-4-11-19/h2-18,26-28H,1H3/t26?,27?,28-,32-/m0/s1. The lowest BCUT2D eigenvalue weighted by Crippen LogP contribution is -2.49. The molecule has 0 unspecified atom stereocenters. The molecule has 0 saturated carbocycles. The Morgan fingerprint density at radius 3 is 2.00 bits per heavy atom. The van der Waals surface area contributed by atoms with Crippen molar-refractivity contribution < 1.29 is 19.1 Å². The second-order valence-corrected chi connectivity index (χ2v) is 10.2. The van der Waals surface area contributed by atoms with Crippen LogP contribution in [0, 0.1) is 11.3 Å². The summed E-state index contributed by atoms with van der Waals surface area (Å²) in [6.07, 6.45) is 0. The Morgan fingerprint density at radius 1 is 0.757 bits per heavy atom. The van der Waals surface area contributed by atoms with Gasteiger partial charge in [-0.25, -0.2) is 9.69 Å². The zero-order chi connectivity index (χ0) is 25.3. The molecule has 2 atom stereocenters. The Balaban J connectivity index is 1.30. The van der Waals surface area contributed by atoms with E-state index in [0.717, 1.165) is 22.3 Å². The SMILES string of the molecule is C[C@@]12C(=O)N(c3cccc(OC(=O)c4ccccc4)c3)C(=O)[C@@H]1C1c3ccccc3C2c2ccccc21. The van der Waals surface area contributed by atoms with Crippen molar-refractivity contribution in [2.45, 2.75) is 18.8 Å². The van der Waals surface area contributed by atoms with Crippen LogP contribution in [-0.4, -0.2) is 17.8 Å². The number of carbonyl (C=O) groups is 3. The molecule has 0 radical (unpaired) electrons. The number of carbonyl (C=O) groups excluding carboxylic acids is 3. The molecule has 5 nitrogen and oxygen atoms in total. The molecule has 4 aliphatic rings. The minimum atomic E-state index is -0.915. The molecular weight excluding hydrogens is 462 g/mol. The third-order valence-corrected chi connectivity index (χ3v) is 8.31. The van der Waals surface area contributed by atoms with Crippen molar-refractivity contribution in [2.75, 3.05) is 4.90 Å². The highest BCUT2D eigenvalue weighted by Gasteiger charge is 2.68. The lowest BCUT2D eigenvalue weighted by molar-refractivity contribution is -0.128. The molecule has 3 aliphatic carbocycles. The zero-order valence-electron chi connectivity index (χ0n) is 20.1. The summed E-state index contributed by atoms with van der Waals surface area (Å²) in [4.78, 5) is 42.3. The molecule has 0 aromatic heterocycles. The lowest BCUT2D eigenvalue weighted by atomic mass is 9.48. The summed E-state index contributed by atoms with van der Waals surface area (Å²) < 4.78 is 5.58. The van der Waals surface area contributed by atoms with Crippen LogP contribution in [0.3, 0.4) is 0 Å². The van der Waals surface area contributed by atoms with Crippen LogP contribution >= 0.6 is 0 Å². The summed E-state index contributed by atoms with van der Waals surface area (Å²) in [6.45, 7) is 1.95. The third-order valence-electron chi connectivity index (χ3n) is 8.31. The van der Waals surface area contributed by atoms with Gasteiger partial charge in [0.1, 0.15) is 5.75 Å². The van der Waals surface area contributed by atoms with Crippen LogP contribution < -0.4 is 9.64 Å². The van der Waals surface area contributed by atoms with Crippen molar-refractivity contribution in [2.24, 2.45) is 11.3 Å². The maximum absolute atomic E-state index is 14.2. The number of hydrogen-bond acceptors (Lipinski definition) is 4. The van der Waals surface area contributed by atoms with E-state index >= 15 is 0 Å². The Bertz CT molecular complexity index is 1560. The molecule has 4 aromatic rings. The maximum Gasteiger partial charge on any atom is 0.343 e. The molecule has 37 heavy (non-hydrogen) atoms. The van der Waals surface area contributed by atoms with Gasteiger partial charge in [0.05, 0.1) is 22.6 Å². The fourth-order valence-electron chi connectivity index (χ4n) is 6.79. The van der Waals surface area contributed by atoms with Crippen molar-refractivity contribution in [1.29, 1.82) is 0 Å². The van der Waals surface area contributed by atoms with Crippen molar-refractivity contribution in [3.8, 4) is 5.75 Å². The summed E-state index contributed by atoms with van der Waals surface area (Å²) in [5.41, 5.74) is 4.42. The average molecular weight is 486 g/mol. The van der Waals surface area contributed by atoms with E-state index in [1.807, 2.05) is 37.3 Å². The summed E-state index contributed by atoms with van der Waals surface area (Å²) in [7, 11) is 0. The molecule has 1 fully saturated rings. The number of hydrogen-bond donors (Lipinski definition) is 0. The number of ether oxygens (including phenoxy) is 1. The van der Waals surface area contributed by atoms with Crippen molar-refractivity contribution in [1.82, 2.24) is 0 Å². The zero-order valence-corrected chi connectivity index (χ0v) is 20.1. The van der Waals surface area contributed by atoms with Crippen LogP contribution in [0.5, 0.6) is 5.75 Å². The van der Waals surface area contributed by atoms with E-state index in [1.54, 1.807) is 48.5 Å². The average Bonchev–Trinajstić information content (AvgIpc) is 3.14. The first-order valence-electron chi connectivity index (χ1n) is 12.4. The number of amides is 2. The predicted molar refractivity (Wildman–Crippen MR) is 139 cm³/mol. The highest BCUT2D eigenvalue weighted by molar-refractivity contribution is 6.25. The summed E-state index contributed by atoms with van der Waals surface area (Å²) in [5.74, 6) is -1.56. The molecular formula is C32H23NO4. The molecule has 0 spiro atoms. The van der Waals surface area contributed by atoms with Gasteiger partial charge < -0.3 is 4.74 Å². The quantitative estimate of drug-likeness (QED) is 0.212. The Kier molecular flexibility index (Phi) is 4.55. The van der Waals surface area contributed by atoms with Gasteiger partial charge in [-0.2, -0.15) is 0 Å². The molecule has 4 aromatic carbocycles. The van der Waals surface area contributed by atoms with E-state index < -0.39 is 17.3 Å². The van der Waals surface area contributed by atoms with Gasteiger partial charge in [-0.1, -0.05) is 72.8 Å². The minimum absolute atomic E-state index is 0.192. The largest absolute Gasteiger partial charge is 0.423 e. The van der Waals surface area contributed by atoms with Crippen LogP contribution in [0.15, 0.2) is 103 Å². The topological polar surface area (TPSA) is 63.7 Å². The monoisotopic (exact) mass is 485 g/mol. The van der Waals surface area contributed by atoms with Crippen molar-refractivity contribution >= 4 is 23.5 Å². The minimum Gasteiger partial charge on any atom is -0.423 e. The van der Waals surface area contributed by atoms with E-state index in [-0.39, 0.29) is 29.4 Å². The van der Waals surface area contributed by atoms with Crippen molar-refractivity contribution in [3.63, 3.8) is 0 Å². The van der Waals surface area contributed by atoms with Crippen LogP contribution in [0.25, 0.3) is 0 Å². The number of esters is 1. The van der Waals surface area contributed by atoms with E-state index in [2.05, 4.69) is 24.3 Å². The van der Waals surface area contributed by atoms with Gasteiger partial charge in [0.25, 0.3) is 0 Å². The Hall–Kier alpha value is -4.51. The predicted octanol–water partition coefficient (Wildman–Crippen LogP) is 5.69. The van der Waals surface area contributed by atoms with Crippen LogP contribution in [0.2, 0.25) is 0 Å². The van der Waals surface area contributed by atoms with E-state index in [4.69, 9.17) is 4.74 Å². The second kappa shape index (κ2) is 7.74. The first-order valence-corrected chi connectivity index (χ1v) is 12.4. The van der Waals surface area contributed by atoms with Gasteiger partial charge in [-0.05, 0) is 53.4 Å². The van der Waals surface area contributed by atoms with Gasteiger partial charge in [0, 0.05) is 17.9 Å². The van der Waals surface area contributed by atoms with Crippen LogP contribution in [0.1, 0.15) is 51.4 Å². The first-order chi connectivity index (χ1) is 18.0. The molecule has 1 aliphatic heterocycles. The number of benzene rings is 4. The molecule has 180 valence electrons. The molecule has 1 saturated heterocycles. The number of nitrogens with zero attached hydrogens (tertiary/aromatic N) is 1. The van der Waals surface area contributed by atoms with E-state index in [1.165, 1.54) is 4.90 Å².